The lowest BCUT2D eigenvalue weighted by atomic mass is 10.0. The number of rotatable bonds is 12. The summed E-state index contributed by atoms with van der Waals surface area (Å²) in [6.07, 6.45) is 2.93. The van der Waals surface area contributed by atoms with Crippen molar-refractivity contribution in [3.05, 3.63) is 65.5 Å². The van der Waals surface area contributed by atoms with Crippen LogP contribution in [0.3, 0.4) is 0 Å². The number of aliphatic hydroxyl groups excluding tert-OH is 1. The van der Waals surface area contributed by atoms with Crippen molar-refractivity contribution >= 4 is 11.6 Å². The van der Waals surface area contributed by atoms with Gasteiger partial charge in [-0.3, -0.25) is 4.79 Å². The first kappa shape index (κ1) is 25.7. The minimum Gasteiger partial charge on any atom is -0.390 e. The quantitative estimate of drug-likeness (QED) is 0.283. The summed E-state index contributed by atoms with van der Waals surface area (Å²) in [4.78, 5) is 13.0. The normalized spacial score (nSPS) is 14.7. The number of carbonyl (C=O) groups excluding carboxylic acids is 1. The van der Waals surface area contributed by atoms with Crippen LogP contribution < -0.4 is 16.0 Å². The summed E-state index contributed by atoms with van der Waals surface area (Å²) in [5, 5.41) is 20.1. The van der Waals surface area contributed by atoms with E-state index < -0.39 is 23.9 Å². The Hall–Kier alpha value is -2.88. The lowest BCUT2D eigenvalue weighted by Crippen LogP contribution is -2.48. The molecule has 4 N–H and O–H groups in total. The van der Waals surface area contributed by atoms with Crippen LogP contribution in [-0.4, -0.2) is 42.8 Å². The van der Waals surface area contributed by atoms with Gasteiger partial charge in [-0.25, -0.2) is 4.39 Å². The predicted molar refractivity (Wildman–Crippen MR) is 135 cm³/mol. The second-order valence-corrected chi connectivity index (χ2v) is 9.40. The SMILES string of the molecule is CC(C)CCNc1cc(F)cc(C(=O)N[C@@H](Cc2ccccc2)[C@H](O)CNCC#CC2CC2)c1. The zero-order valence-corrected chi connectivity index (χ0v) is 20.1. The summed E-state index contributed by atoms with van der Waals surface area (Å²) in [5.41, 5.74) is 1.79. The van der Waals surface area contributed by atoms with Gasteiger partial charge in [-0.2, -0.15) is 0 Å². The third-order valence-corrected chi connectivity index (χ3v) is 5.74. The zero-order valence-electron chi connectivity index (χ0n) is 20.1. The molecule has 0 saturated heterocycles. The van der Waals surface area contributed by atoms with Crippen LogP contribution in [0.2, 0.25) is 0 Å². The molecule has 0 spiro atoms. The van der Waals surface area contributed by atoms with E-state index in [0.717, 1.165) is 12.0 Å². The minimum atomic E-state index is -0.830. The molecule has 0 unspecified atom stereocenters. The topological polar surface area (TPSA) is 73.4 Å². The first-order chi connectivity index (χ1) is 16.4. The van der Waals surface area contributed by atoms with Crippen LogP contribution in [0.25, 0.3) is 0 Å². The number of amides is 1. The monoisotopic (exact) mass is 465 g/mol. The van der Waals surface area contributed by atoms with Crippen molar-refractivity contribution in [2.75, 3.05) is 25.0 Å². The van der Waals surface area contributed by atoms with Gasteiger partial charge in [0.05, 0.1) is 18.7 Å². The van der Waals surface area contributed by atoms with Crippen LogP contribution in [0, 0.1) is 29.5 Å². The van der Waals surface area contributed by atoms with Gasteiger partial charge < -0.3 is 21.1 Å². The van der Waals surface area contributed by atoms with E-state index in [0.29, 0.717) is 43.6 Å². The smallest absolute Gasteiger partial charge is 0.251 e. The third-order valence-electron chi connectivity index (χ3n) is 5.74. The number of benzene rings is 2. The summed E-state index contributed by atoms with van der Waals surface area (Å²) >= 11 is 0. The van der Waals surface area contributed by atoms with E-state index in [2.05, 4.69) is 41.6 Å². The second kappa shape index (κ2) is 13.1. The van der Waals surface area contributed by atoms with Crippen LogP contribution in [-0.2, 0) is 6.42 Å². The van der Waals surface area contributed by atoms with Crippen molar-refractivity contribution in [3.63, 3.8) is 0 Å². The van der Waals surface area contributed by atoms with Crippen LogP contribution in [0.15, 0.2) is 48.5 Å². The molecule has 2 aromatic rings. The molecule has 3 rings (SSSR count). The van der Waals surface area contributed by atoms with Crippen molar-refractivity contribution in [1.29, 1.82) is 0 Å². The van der Waals surface area contributed by atoms with Crippen molar-refractivity contribution in [3.8, 4) is 11.8 Å². The average Bonchev–Trinajstić information content (AvgIpc) is 3.63. The van der Waals surface area contributed by atoms with E-state index in [9.17, 15) is 14.3 Å². The van der Waals surface area contributed by atoms with E-state index in [1.807, 2.05) is 30.3 Å². The lowest BCUT2D eigenvalue weighted by Gasteiger charge is -2.25. The average molecular weight is 466 g/mol. The molecule has 0 bridgehead atoms. The van der Waals surface area contributed by atoms with Crippen LogP contribution >= 0.6 is 0 Å². The molecule has 1 aliphatic carbocycles. The summed E-state index contributed by atoms with van der Waals surface area (Å²) in [5.74, 6) is 6.43. The Labute approximate surface area is 202 Å². The van der Waals surface area contributed by atoms with Gasteiger partial charge in [0.15, 0.2) is 0 Å². The molecule has 1 saturated carbocycles. The Morgan fingerprint density at radius 2 is 1.94 bits per heavy atom. The van der Waals surface area contributed by atoms with Gasteiger partial charge in [-0.15, -0.1) is 0 Å². The highest BCUT2D eigenvalue weighted by Gasteiger charge is 2.23. The zero-order chi connectivity index (χ0) is 24.3. The molecule has 0 aliphatic heterocycles. The van der Waals surface area contributed by atoms with Crippen LogP contribution in [0.4, 0.5) is 10.1 Å². The number of nitrogens with one attached hydrogen (secondary N) is 3. The highest BCUT2D eigenvalue weighted by molar-refractivity contribution is 5.95. The maximum absolute atomic E-state index is 14.2. The standard InChI is InChI=1S/C28H36FN3O2/c1-20(2)12-14-31-25-17-23(16-24(29)18-25)28(34)32-26(15-22-7-4-3-5-8-22)27(33)19-30-13-6-9-21-10-11-21/h3-5,7-8,16-18,20-21,26-27,30-31,33H,10-15,19H2,1-2H3,(H,32,34)/t26-,27+/m0/s1. The molecule has 0 heterocycles. The van der Waals surface area contributed by atoms with Gasteiger partial charge in [-0.05, 0) is 55.4 Å². The van der Waals surface area contributed by atoms with Crippen LogP contribution in [0.5, 0.6) is 0 Å². The number of hydrogen-bond acceptors (Lipinski definition) is 4. The number of anilines is 1. The molecule has 1 aliphatic rings. The Morgan fingerprint density at radius 3 is 2.65 bits per heavy atom. The highest BCUT2D eigenvalue weighted by Crippen LogP contribution is 2.27. The lowest BCUT2D eigenvalue weighted by molar-refractivity contribution is 0.0832. The summed E-state index contributed by atoms with van der Waals surface area (Å²) < 4.78 is 14.2. The molecule has 2 atom stereocenters. The van der Waals surface area contributed by atoms with Crippen molar-refractivity contribution in [2.24, 2.45) is 11.8 Å². The number of halogens is 1. The predicted octanol–water partition coefficient (Wildman–Crippen LogP) is 3.99. The molecule has 2 aromatic carbocycles. The van der Waals surface area contributed by atoms with E-state index in [1.54, 1.807) is 6.07 Å². The molecule has 182 valence electrons. The van der Waals surface area contributed by atoms with Gasteiger partial charge in [0.1, 0.15) is 5.82 Å². The second-order valence-electron chi connectivity index (χ2n) is 9.40. The van der Waals surface area contributed by atoms with E-state index in [4.69, 9.17) is 0 Å². The van der Waals surface area contributed by atoms with Crippen molar-refractivity contribution in [2.45, 2.75) is 51.7 Å². The number of carbonyl (C=O) groups is 1. The fourth-order valence-corrected chi connectivity index (χ4v) is 3.58. The number of hydrogen-bond donors (Lipinski definition) is 4. The fourth-order valence-electron chi connectivity index (χ4n) is 3.58. The van der Waals surface area contributed by atoms with Gasteiger partial charge in [0, 0.05) is 30.3 Å². The maximum atomic E-state index is 14.2. The van der Waals surface area contributed by atoms with Gasteiger partial charge in [0.2, 0.25) is 0 Å². The molecular formula is C28H36FN3O2. The van der Waals surface area contributed by atoms with Crippen molar-refractivity contribution < 1.29 is 14.3 Å². The van der Waals surface area contributed by atoms with E-state index in [1.165, 1.54) is 25.0 Å². The molecular weight excluding hydrogens is 429 g/mol. The summed E-state index contributed by atoms with van der Waals surface area (Å²) in [7, 11) is 0. The maximum Gasteiger partial charge on any atom is 0.251 e. The first-order valence-corrected chi connectivity index (χ1v) is 12.2. The Balaban J connectivity index is 1.64. The largest absolute Gasteiger partial charge is 0.390 e. The van der Waals surface area contributed by atoms with Crippen molar-refractivity contribution in [1.82, 2.24) is 10.6 Å². The Morgan fingerprint density at radius 1 is 1.18 bits per heavy atom. The van der Waals surface area contributed by atoms with Gasteiger partial charge in [0.25, 0.3) is 5.91 Å². The number of aliphatic hydroxyl groups is 1. The van der Waals surface area contributed by atoms with E-state index in [-0.39, 0.29) is 5.56 Å². The third kappa shape index (κ3) is 9.17. The molecule has 5 nitrogen and oxygen atoms in total. The Kier molecular flexibility index (Phi) is 9.93. The van der Waals surface area contributed by atoms with Crippen LogP contribution in [0.1, 0.15) is 49.0 Å². The summed E-state index contributed by atoms with van der Waals surface area (Å²) in [6, 6.07) is 13.4. The summed E-state index contributed by atoms with van der Waals surface area (Å²) in [6.45, 7) is 5.74. The molecule has 6 heteroatoms. The first-order valence-electron chi connectivity index (χ1n) is 12.2. The minimum absolute atomic E-state index is 0.223. The molecule has 0 aromatic heterocycles. The van der Waals surface area contributed by atoms with E-state index >= 15 is 0 Å². The molecule has 1 amide bonds. The molecule has 34 heavy (non-hydrogen) atoms. The van der Waals surface area contributed by atoms with Gasteiger partial charge in [-0.1, -0.05) is 56.0 Å². The molecule has 1 fully saturated rings. The van der Waals surface area contributed by atoms with Gasteiger partial charge >= 0.3 is 0 Å². The Bertz CT molecular complexity index is 980. The molecule has 0 radical (unpaired) electrons. The highest BCUT2D eigenvalue weighted by atomic mass is 19.1. The fraction of sp³-hybridized carbons (Fsp3) is 0.464.